The van der Waals surface area contributed by atoms with Crippen LogP contribution in [0, 0.1) is 0 Å². The number of fused-ring (bicyclic) bond motifs is 2. The number of nitrogens with zero attached hydrogens (tertiary/aromatic N) is 4. The average molecular weight is 340 g/mol. The summed E-state index contributed by atoms with van der Waals surface area (Å²) >= 11 is 0. The molecule has 2 aromatic rings. The van der Waals surface area contributed by atoms with E-state index in [1.807, 2.05) is 6.20 Å². The molecule has 1 saturated heterocycles. The molecule has 1 N–H and O–H groups in total. The van der Waals surface area contributed by atoms with Gasteiger partial charge in [-0.05, 0) is 18.9 Å². The number of piperidine rings is 1. The molecule has 0 aromatic carbocycles. The lowest BCUT2D eigenvalue weighted by molar-refractivity contribution is -0.137. The van der Waals surface area contributed by atoms with Crippen molar-refractivity contribution in [3.05, 3.63) is 47.3 Å². The van der Waals surface area contributed by atoms with Gasteiger partial charge in [-0.25, -0.2) is 4.98 Å². The molecule has 0 saturated carbocycles. The molecule has 0 spiro atoms. The first kappa shape index (κ1) is 16.1. The first-order valence-electron chi connectivity index (χ1n) is 8.95. The Bertz CT molecular complexity index is 820. The first-order valence-corrected chi connectivity index (χ1v) is 8.95. The van der Waals surface area contributed by atoms with E-state index in [0.717, 1.165) is 44.7 Å². The molecule has 0 amide bonds. The van der Waals surface area contributed by atoms with Crippen LogP contribution in [0.4, 0.5) is 0 Å². The molecule has 6 heteroatoms. The number of imidazole rings is 1. The highest BCUT2D eigenvalue weighted by atomic mass is 16.4. The number of aryl methyl sites for hydroxylation is 2. The number of carboxylic acid groups (broad SMARTS) is 1. The highest BCUT2D eigenvalue weighted by Gasteiger charge is 2.26. The van der Waals surface area contributed by atoms with E-state index in [1.54, 1.807) is 0 Å². The standard InChI is InChI=1S/C19H24N4O2/c1-21-8-4-15-16(21)5-12-23-13-7-20-19(23)18(15)14-2-9-22(10-3-14)11-6-17(24)25/h4,7-8,13H,2-3,5-6,9-12H2,1H3,(H,24,25). The summed E-state index contributed by atoms with van der Waals surface area (Å²) < 4.78 is 4.49. The van der Waals surface area contributed by atoms with Gasteiger partial charge in [0, 0.05) is 75.1 Å². The Morgan fingerprint density at radius 3 is 2.76 bits per heavy atom. The second kappa shape index (κ2) is 6.52. The predicted octanol–water partition coefficient (Wildman–Crippen LogP) is 2.15. The van der Waals surface area contributed by atoms with Gasteiger partial charge in [-0.1, -0.05) is 5.57 Å². The van der Waals surface area contributed by atoms with Crippen molar-refractivity contribution in [3.8, 4) is 0 Å². The molecular weight excluding hydrogens is 316 g/mol. The summed E-state index contributed by atoms with van der Waals surface area (Å²) in [6, 6.07) is 2.22. The minimum Gasteiger partial charge on any atom is -0.481 e. The van der Waals surface area contributed by atoms with Crippen LogP contribution in [-0.2, 0) is 24.8 Å². The third kappa shape index (κ3) is 3.02. The summed E-state index contributed by atoms with van der Waals surface area (Å²) in [6.45, 7) is 3.45. The van der Waals surface area contributed by atoms with E-state index in [0.29, 0.717) is 6.54 Å². The normalized spacial score (nSPS) is 18.0. The summed E-state index contributed by atoms with van der Waals surface area (Å²) in [6.07, 6.45) is 9.32. The van der Waals surface area contributed by atoms with Gasteiger partial charge in [0.25, 0.3) is 0 Å². The van der Waals surface area contributed by atoms with Crippen LogP contribution in [0.2, 0.25) is 0 Å². The number of aromatic nitrogens is 3. The molecule has 2 aliphatic heterocycles. The largest absolute Gasteiger partial charge is 0.481 e. The second-order valence-corrected chi connectivity index (χ2v) is 6.95. The molecule has 25 heavy (non-hydrogen) atoms. The van der Waals surface area contributed by atoms with Gasteiger partial charge in [0.15, 0.2) is 0 Å². The lowest BCUT2D eigenvalue weighted by atomic mass is 9.92. The number of rotatable bonds is 3. The number of likely N-dealkylation sites (tertiary alicyclic amines) is 1. The molecule has 0 unspecified atom stereocenters. The Hall–Kier alpha value is -2.34. The second-order valence-electron chi connectivity index (χ2n) is 6.95. The fourth-order valence-electron chi connectivity index (χ4n) is 4.06. The summed E-state index contributed by atoms with van der Waals surface area (Å²) in [7, 11) is 2.11. The maximum absolute atomic E-state index is 10.8. The Kier molecular flexibility index (Phi) is 4.21. The first-order chi connectivity index (χ1) is 12.1. The van der Waals surface area contributed by atoms with E-state index in [1.165, 1.54) is 22.4 Å². The van der Waals surface area contributed by atoms with Crippen molar-refractivity contribution in [3.63, 3.8) is 0 Å². The molecule has 4 heterocycles. The maximum Gasteiger partial charge on any atom is 0.304 e. The lowest BCUT2D eigenvalue weighted by Gasteiger charge is -2.29. The number of aliphatic carboxylic acids is 1. The Labute approximate surface area is 147 Å². The fraction of sp³-hybridized carbons (Fsp3) is 0.474. The topological polar surface area (TPSA) is 63.3 Å². The summed E-state index contributed by atoms with van der Waals surface area (Å²) in [5.74, 6) is 0.364. The van der Waals surface area contributed by atoms with Crippen LogP contribution in [-0.4, -0.2) is 49.7 Å². The van der Waals surface area contributed by atoms with Crippen molar-refractivity contribution in [2.45, 2.75) is 32.2 Å². The molecule has 0 bridgehead atoms. The zero-order valence-corrected chi connectivity index (χ0v) is 14.6. The van der Waals surface area contributed by atoms with Crippen LogP contribution in [0.15, 0.2) is 30.2 Å². The van der Waals surface area contributed by atoms with E-state index >= 15 is 0 Å². The average Bonchev–Trinajstić information content (AvgIpc) is 3.17. The van der Waals surface area contributed by atoms with Gasteiger partial charge in [-0.15, -0.1) is 0 Å². The van der Waals surface area contributed by atoms with Crippen molar-refractivity contribution in [2.24, 2.45) is 7.05 Å². The molecule has 2 aromatic heterocycles. The fourth-order valence-corrected chi connectivity index (χ4v) is 4.06. The molecule has 0 atom stereocenters. The van der Waals surface area contributed by atoms with Crippen LogP contribution < -0.4 is 0 Å². The van der Waals surface area contributed by atoms with Gasteiger partial charge < -0.3 is 19.1 Å². The molecule has 1 fully saturated rings. The zero-order valence-electron chi connectivity index (χ0n) is 14.6. The smallest absolute Gasteiger partial charge is 0.304 e. The third-order valence-corrected chi connectivity index (χ3v) is 5.45. The lowest BCUT2D eigenvalue weighted by Crippen LogP contribution is -2.33. The van der Waals surface area contributed by atoms with E-state index in [2.05, 4.69) is 44.5 Å². The van der Waals surface area contributed by atoms with E-state index in [4.69, 9.17) is 5.11 Å². The van der Waals surface area contributed by atoms with Crippen LogP contribution >= 0.6 is 0 Å². The van der Waals surface area contributed by atoms with Crippen molar-refractivity contribution >= 4 is 11.5 Å². The monoisotopic (exact) mass is 340 g/mol. The van der Waals surface area contributed by atoms with E-state index < -0.39 is 5.97 Å². The molecule has 0 aliphatic carbocycles. The Balaban J connectivity index is 1.66. The van der Waals surface area contributed by atoms with Gasteiger partial charge in [-0.2, -0.15) is 0 Å². The molecule has 132 valence electrons. The van der Waals surface area contributed by atoms with Crippen molar-refractivity contribution in [2.75, 3.05) is 19.6 Å². The van der Waals surface area contributed by atoms with Crippen LogP contribution in [0.3, 0.4) is 0 Å². The minimum absolute atomic E-state index is 0.221. The van der Waals surface area contributed by atoms with Crippen molar-refractivity contribution < 1.29 is 9.90 Å². The number of carbonyl (C=O) groups is 1. The molecular formula is C19H24N4O2. The summed E-state index contributed by atoms with van der Waals surface area (Å²) in [4.78, 5) is 17.7. The Morgan fingerprint density at radius 2 is 2.00 bits per heavy atom. The van der Waals surface area contributed by atoms with E-state index in [9.17, 15) is 4.79 Å². The number of carboxylic acids is 1. The zero-order chi connectivity index (χ0) is 17.4. The summed E-state index contributed by atoms with van der Waals surface area (Å²) in [5.41, 5.74) is 5.45. The van der Waals surface area contributed by atoms with Crippen molar-refractivity contribution in [1.82, 2.24) is 19.0 Å². The third-order valence-electron chi connectivity index (χ3n) is 5.45. The van der Waals surface area contributed by atoms with Gasteiger partial charge in [0.1, 0.15) is 5.82 Å². The van der Waals surface area contributed by atoms with Gasteiger partial charge in [-0.3, -0.25) is 4.79 Å². The maximum atomic E-state index is 10.8. The Morgan fingerprint density at radius 1 is 1.20 bits per heavy atom. The SMILES string of the molecule is Cn1ccc2c1CCn1ccnc1C2=C1CCN(CCC(=O)O)CC1. The van der Waals surface area contributed by atoms with Crippen molar-refractivity contribution in [1.29, 1.82) is 0 Å². The van der Waals surface area contributed by atoms with Gasteiger partial charge >= 0.3 is 5.97 Å². The summed E-state index contributed by atoms with van der Waals surface area (Å²) in [5, 5.41) is 8.88. The molecule has 2 aliphatic rings. The number of hydrogen-bond acceptors (Lipinski definition) is 3. The quantitative estimate of drug-likeness (QED) is 0.930. The predicted molar refractivity (Wildman–Crippen MR) is 95.3 cm³/mol. The van der Waals surface area contributed by atoms with Crippen LogP contribution in [0.5, 0.6) is 0 Å². The minimum atomic E-state index is -0.719. The highest BCUT2D eigenvalue weighted by molar-refractivity contribution is 5.81. The molecule has 0 radical (unpaired) electrons. The van der Waals surface area contributed by atoms with Gasteiger partial charge in [0.05, 0.1) is 6.42 Å². The van der Waals surface area contributed by atoms with E-state index in [-0.39, 0.29) is 6.42 Å². The van der Waals surface area contributed by atoms with Gasteiger partial charge in [0.2, 0.25) is 0 Å². The number of hydrogen-bond donors (Lipinski definition) is 1. The molecule has 4 rings (SSSR count). The van der Waals surface area contributed by atoms with Crippen LogP contribution in [0.25, 0.3) is 5.57 Å². The highest BCUT2D eigenvalue weighted by Crippen LogP contribution is 2.35. The van der Waals surface area contributed by atoms with Crippen LogP contribution in [0.1, 0.15) is 36.3 Å². The molecule has 6 nitrogen and oxygen atoms in total.